The molecule has 11 nitrogen and oxygen atoms in total. The monoisotopic (exact) mass is 424 g/mol. The van der Waals surface area contributed by atoms with Gasteiger partial charge in [-0.1, -0.05) is 0 Å². The molecule has 3 atom stereocenters. The van der Waals surface area contributed by atoms with Gasteiger partial charge in [0.1, 0.15) is 48.8 Å². The van der Waals surface area contributed by atoms with E-state index in [0.29, 0.717) is 29.4 Å². The molecule has 2 rings (SSSR count). The maximum Gasteiger partial charge on any atom is 0.144 e. The lowest BCUT2D eigenvalue weighted by Gasteiger charge is -2.35. The van der Waals surface area contributed by atoms with Gasteiger partial charge in [-0.25, -0.2) is 0 Å². The molecule has 0 aromatic rings. The van der Waals surface area contributed by atoms with Crippen molar-refractivity contribution in [1.82, 2.24) is 10.5 Å². The first-order chi connectivity index (χ1) is 13.3. The molecule has 1 aliphatic carbocycles. The van der Waals surface area contributed by atoms with Gasteiger partial charge in [-0.05, 0) is 42.3 Å². The van der Waals surface area contributed by atoms with Gasteiger partial charge in [0.2, 0.25) is 0 Å². The first-order valence-electron chi connectivity index (χ1n) is 10.4. The minimum absolute atomic E-state index is 0.159. The van der Waals surface area contributed by atoms with E-state index in [9.17, 15) is 0 Å². The topological polar surface area (TPSA) is 65.2 Å². The van der Waals surface area contributed by atoms with E-state index in [1.165, 1.54) is 24.5 Å². The van der Waals surface area contributed by atoms with Crippen LogP contribution in [0.15, 0.2) is 0 Å². The average molecular weight is 425 g/mol. The van der Waals surface area contributed by atoms with E-state index in [0.717, 1.165) is 18.2 Å². The third kappa shape index (κ3) is 9.07. The summed E-state index contributed by atoms with van der Waals surface area (Å²) in [5.41, 5.74) is 0. The molecule has 0 radical (unpaired) electrons. The van der Waals surface area contributed by atoms with Crippen molar-refractivity contribution in [2.75, 3.05) is 69.5 Å². The Hall–Kier alpha value is -0.440. The Bertz CT molecular complexity index is 521. The predicted octanol–water partition coefficient (Wildman–Crippen LogP) is 1.37. The molecule has 11 heteroatoms. The molecule has 2 aliphatic rings. The van der Waals surface area contributed by atoms with Crippen molar-refractivity contribution in [3.05, 3.63) is 0 Å². The van der Waals surface area contributed by atoms with Crippen LogP contribution < -0.4 is 0 Å². The Morgan fingerprint density at radius 2 is 1.59 bits per heavy atom. The van der Waals surface area contributed by atoms with E-state index >= 15 is 0 Å². The van der Waals surface area contributed by atoms with E-state index in [1.54, 1.807) is 28.2 Å². The molecule has 0 bridgehead atoms. The lowest BCUT2D eigenvalue weighted by atomic mass is 9.87. The molecule has 29 heavy (non-hydrogen) atoms. The van der Waals surface area contributed by atoms with Crippen molar-refractivity contribution in [3.63, 3.8) is 0 Å². The maximum absolute atomic E-state index is 6.22. The summed E-state index contributed by atoms with van der Waals surface area (Å²) >= 11 is 0. The van der Waals surface area contributed by atoms with Crippen LogP contribution in [0.25, 0.3) is 0 Å². The van der Waals surface area contributed by atoms with Gasteiger partial charge in [-0.3, -0.25) is 4.84 Å². The molecule has 0 N–H and O–H groups in total. The first kappa shape index (κ1) is 24.8. The van der Waals surface area contributed by atoms with E-state index in [4.69, 9.17) is 29.3 Å². The quantitative estimate of drug-likeness (QED) is 0.250. The van der Waals surface area contributed by atoms with Crippen LogP contribution in [0.5, 0.6) is 0 Å². The second-order valence-electron chi connectivity index (χ2n) is 9.11. The van der Waals surface area contributed by atoms with Crippen LogP contribution in [0.1, 0.15) is 32.6 Å². The highest BCUT2D eigenvalue weighted by Crippen LogP contribution is 2.40. The van der Waals surface area contributed by atoms with Crippen molar-refractivity contribution in [2.24, 2.45) is 5.92 Å². The second-order valence-corrected chi connectivity index (χ2v) is 9.11. The normalized spacial score (nSPS) is 25.6. The predicted molar refractivity (Wildman–Crippen MR) is 103 cm³/mol. The fourth-order valence-corrected chi connectivity index (χ4v) is 3.98. The third-order valence-corrected chi connectivity index (χ3v) is 4.85. The Morgan fingerprint density at radius 3 is 2.21 bits per heavy atom. The molecule has 0 amide bonds. The molecule has 1 aliphatic heterocycles. The number of epoxide rings is 1. The standard InChI is InChI=1S/C18H42N5O6/c1-10-24-19(2)26-20(3)27-22(6,7)29-23(8,9)28-21(4,5)14-13-16-11-12-17-18(15-16)25-17/h16-18H,10-15H2,1-9H3/q+3. The van der Waals surface area contributed by atoms with E-state index < -0.39 is 0 Å². The van der Waals surface area contributed by atoms with Gasteiger partial charge in [-0.15, -0.1) is 4.65 Å². The third-order valence-electron chi connectivity index (χ3n) is 4.85. The minimum Gasteiger partial charge on any atom is -0.370 e. The number of rotatable bonds is 13. The summed E-state index contributed by atoms with van der Waals surface area (Å²) in [4.78, 5) is 28.0. The van der Waals surface area contributed by atoms with Crippen molar-refractivity contribution in [2.45, 2.75) is 44.8 Å². The lowest BCUT2D eigenvalue weighted by molar-refractivity contribution is -1.51. The molecule has 1 saturated heterocycles. The number of hydroxylamine groups is 15. The van der Waals surface area contributed by atoms with E-state index in [1.807, 2.05) is 35.1 Å². The van der Waals surface area contributed by atoms with Gasteiger partial charge in [0.15, 0.2) is 0 Å². The van der Waals surface area contributed by atoms with Crippen molar-refractivity contribution in [1.29, 1.82) is 0 Å². The van der Waals surface area contributed by atoms with Gasteiger partial charge in [0, 0.05) is 35.5 Å². The van der Waals surface area contributed by atoms with Gasteiger partial charge in [0.05, 0.1) is 28.6 Å². The summed E-state index contributed by atoms with van der Waals surface area (Å²) in [7, 11) is 14.4. The number of hydrogen-bond acceptors (Lipinski definition) is 8. The number of nitrogens with zero attached hydrogens (tertiary/aromatic N) is 5. The lowest BCUT2D eigenvalue weighted by Crippen LogP contribution is -2.60. The fourth-order valence-electron chi connectivity index (χ4n) is 3.98. The Kier molecular flexibility index (Phi) is 8.38. The summed E-state index contributed by atoms with van der Waals surface area (Å²) in [5, 5.41) is 2.36. The summed E-state index contributed by atoms with van der Waals surface area (Å²) < 4.78 is 6.02. The van der Waals surface area contributed by atoms with Crippen LogP contribution >= 0.6 is 0 Å². The number of fused-ring (bicyclic) bond motifs is 1. The number of ether oxygens (including phenoxy) is 1. The van der Waals surface area contributed by atoms with Gasteiger partial charge in [0.25, 0.3) is 0 Å². The maximum atomic E-state index is 6.22. The molecule has 0 aromatic heterocycles. The molecule has 1 heterocycles. The van der Waals surface area contributed by atoms with Crippen molar-refractivity contribution >= 4 is 0 Å². The van der Waals surface area contributed by atoms with Crippen LogP contribution in [0.4, 0.5) is 0 Å². The second kappa shape index (κ2) is 9.79. The van der Waals surface area contributed by atoms with Gasteiger partial charge in [-0.2, -0.15) is 4.94 Å². The molecule has 172 valence electrons. The van der Waals surface area contributed by atoms with Crippen molar-refractivity contribution in [3.8, 4) is 0 Å². The summed E-state index contributed by atoms with van der Waals surface area (Å²) in [6.07, 6.45) is 5.79. The van der Waals surface area contributed by atoms with Gasteiger partial charge >= 0.3 is 0 Å². The Morgan fingerprint density at radius 1 is 0.897 bits per heavy atom. The summed E-state index contributed by atoms with van der Waals surface area (Å²) in [6, 6.07) is 0. The smallest absolute Gasteiger partial charge is 0.144 e. The van der Waals surface area contributed by atoms with Crippen LogP contribution in [0.2, 0.25) is 0 Å². The van der Waals surface area contributed by atoms with Gasteiger partial charge < -0.3 is 4.74 Å². The molecule has 0 aromatic carbocycles. The highest BCUT2D eigenvalue weighted by Gasteiger charge is 2.45. The zero-order chi connectivity index (χ0) is 21.9. The van der Waals surface area contributed by atoms with Crippen molar-refractivity contribution < 1.29 is 43.6 Å². The molecule has 0 spiro atoms. The molecule has 1 saturated carbocycles. The highest BCUT2D eigenvalue weighted by molar-refractivity contribution is 4.91. The molecule has 2 fully saturated rings. The molecular formula is C18H42N5O6+3. The number of quaternary nitrogens is 3. The zero-order valence-corrected chi connectivity index (χ0v) is 19.7. The number of hydrogen-bond donors (Lipinski definition) is 0. The minimum atomic E-state index is -0.285. The summed E-state index contributed by atoms with van der Waals surface area (Å²) in [6.45, 7) is 3.24. The average Bonchev–Trinajstić information content (AvgIpc) is 3.28. The van der Waals surface area contributed by atoms with Crippen LogP contribution in [0, 0.1) is 5.92 Å². The molecule has 3 unspecified atom stereocenters. The van der Waals surface area contributed by atoms with Crippen LogP contribution in [-0.4, -0.2) is 106 Å². The Balaban J connectivity index is 1.77. The largest absolute Gasteiger partial charge is 0.370 e. The van der Waals surface area contributed by atoms with E-state index in [2.05, 4.69) is 0 Å². The van der Waals surface area contributed by atoms with E-state index in [-0.39, 0.29) is 9.62 Å². The fraction of sp³-hybridized carbons (Fsp3) is 1.00. The summed E-state index contributed by atoms with van der Waals surface area (Å²) in [5.74, 6) is 0.708. The first-order valence-corrected chi connectivity index (χ1v) is 10.4. The Labute approximate surface area is 175 Å². The van der Waals surface area contributed by atoms with Crippen LogP contribution in [-0.2, 0) is 29.3 Å². The SMILES string of the molecule is CCON(C)ON(C)O[N+](C)(C)O[N+](C)(C)O[N+](C)(C)CCC1CCC2OC2C1. The highest BCUT2D eigenvalue weighted by atomic mass is 17.3. The zero-order valence-electron chi connectivity index (χ0n) is 19.7. The van der Waals surface area contributed by atoms with Crippen LogP contribution in [0.3, 0.4) is 0 Å². The molecular weight excluding hydrogens is 382 g/mol.